The van der Waals surface area contributed by atoms with Crippen LogP contribution in [0.2, 0.25) is 10.0 Å². The summed E-state index contributed by atoms with van der Waals surface area (Å²) < 4.78 is 5.58. The molecule has 1 N–H and O–H groups in total. The molecule has 1 aromatic carbocycles. The average Bonchev–Trinajstić information content (AvgIpc) is 2.29. The Hall–Kier alpha value is -0.440. The van der Waals surface area contributed by atoms with Gasteiger partial charge in [0.05, 0.1) is 10.0 Å². The number of benzene rings is 1. The third-order valence-corrected chi connectivity index (χ3v) is 3.49. The van der Waals surface area contributed by atoms with E-state index in [1.807, 2.05) is 6.07 Å². The smallest absolute Gasteiger partial charge is 0.120 e. The molecule has 0 fully saturated rings. The number of halogens is 2. The van der Waals surface area contributed by atoms with Crippen molar-refractivity contribution in [2.24, 2.45) is 0 Å². The average molecular weight is 276 g/mol. The third kappa shape index (κ3) is 5.15. The lowest BCUT2D eigenvalue weighted by molar-refractivity contribution is 0.281. The molecule has 0 aliphatic carbocycles. The fourth-order valence-electron chi connectivity index (χ4n) is 1.25. The van der Waals surface area contributed by atoms with Crippen molar-refractivity contribution in [3.63, 3.8) is 0 Å². The Morgan fingerprint density at radius 1 is 1.24 bits per heavy atom. The van der Waals surface area contributed by atoms with Crippen molar-refractivity contribution in [2.45, 2.75) is 32.7 Å². The van der Waals surface area contributed by atoms with Crippen molar-refractivity contribution in [2.75, 3.05) is 13.2 Å². The maximum absolute atomic E-state index is 5.89. The van der Waals surface area contributed by atoms with Crippen molar-refractivity contribution in [3.05, 3.63) is 28.2 Å². The zero-order chi connectivity index (χ0) is 12.9. The number of hydrogen-bond acceptors (Lipinski definition) is 2. The molecule has 0 aliphatic heterocycles. The molecule has 1 rings (SSSR count). The van der Waals surface area contributed by atoms with E-state index < -0.39 is 0 Å². The van der Waals surface area contributed by atoms with Crippen LogP contribution in [0.15, 0.2) is 18.2 Å². The van der Waals surface area contributed by atoms with Crippen LogP contribution < -0.4 is 10.1 Å². The van der Waals surface area contributed by atoms with Crippen LogP contribution in [0.1, 0.15) is 27.2 Å². The summed E-state index contributed by atoms with van der Waals surface area (Å²) in [5.74, 6) is 0.746. The molecule has 0 saturated carbocycles. The molecule has 0 unspecified atom stereocenters. The van der Waals surface area contributed by atoms with Gasteiger partial charge in [0.1, 0.15) is 12.4 Å². The maximum Gasteiger partial charge on any atom is 0.120 e. The van der Waals surface area contributed by atoms with E-state index in [0.29, 0.717) is 16.7 Å². The summed E-state index contributed by atoms with van der Waals surface area (Å²) in [5, 5.41) is 4.49. The molecule has 1 aromatic rings. The van der Waals surface area contributed by atoms with Gasteiger partial charge in [0.25, 0.3) is 0 Å². The number of hydrogen-bond donors (Lipinski definition) is 1. The van der Waals surface area contributed by atoms with Gasteiger partial charge in [-0.2, -0.15) is 0 Å². The highest BCUT2D eigenvalue weighted by molar-refractivity contribution is 6.42. The molecule has 0 amide bonds. The van der Waals surface area contributed by atoms with Gasteiger partial charge in [-0.1, -0.05) is 30.1 Å². The van der Waals surface area contributed by atoms with E-state index in [1.54, 1.807) is 12.1 Å². The first kappa shape index (κ1) is 14.6. The van der Waals surface area contributed by atoms with Crippen LogP contribution >= 0.6 is 23.2 Å². The molecular formula is C13H19Cl2NO. The van der Waals surface area contributed by atoms with E-state index in [9.17, 15) is 0 Å². The number of ether oxygens (including phenoxy) is 1. The highest BCUT2D eigenvalue weighted by Crippen LogP contribution is 2.26. The quantitative estimate of drug-likeness (QED) is 0.788. The lowest BCUT2D eigenvalue weighted by Gasteiger charge is -2.24. The third-order valence-electron chi connectivity index (χ3n) is 2.75. The molecular weight excluding hydrogens is 257 g/mol. The predicted molar refractivity (Wildman–Crippen MR) is 74.3 cm³/mol. The minimum Gasteiger partial charge on any atom is -0.492 e. The molecule has 4 heteroatoms. The van der Waals surface area contributed by atoms with Crippen molar-refractivity contribution >= 4 is 23.2 Å². The Balaban J connectivity index is 2.34. The van der Waals surface area contributed by atoms with E-state index in [2.05, 4.69) is 26.1 Å². The van der Waals surface area contributed by atoms with Gasteiger partial charge in [-0.15, -0.1) is 0 Å². The van der Waals surface area contributed by atoms with Gasteiger partial charge in [0.2, 0.25) is 0 Å². The van der Waals surface area contributed by atoms with Gasteiger partial charge in [0, 0.05) is 18.2 Å². The van der Waals surface area contributed by atoms with Gasteiger partial charge in [-0.05, 0) is 32.4 Å². The molecule has 0 radical (unpaired) electrons. The van der Waals surface area contributed by atoms with Crippen molar-refractivity contribution in [1.82, 2.24) is 5.32 Å². The van der Waals surface area contributed by atoms with Crippen LogP contribution in [0, 0.1) is 0 Å². The Kier molecular flexibility index (Phi) is 5.57. The summed E-state index contributed by atoms with van der Waals surface area (Å²) in [6.45, 7) is 7.92. The summed E-state index contributed by atoms with van der Waals surface area (Å²) in [4.78, 5) is 0. The Bertz CT molecular complexity index is 366. The summed E-state index contributed by atoms with van der Waals surface area (Å²) in [6, 6.07) is 5.29. The zero-order valence-electron chi connectivity index (χ0n) is 10.5. The second-order valence-electron chi connectivity index (χ2n) is 4.59. The van der Waals surface area contributed by atoms with Crippen molar-refractivity contribution in [3.8, 4) is 5.75 Å². The Labute approximate surface area is 113 Å². The topological polar surface area (TPSA) is 21.3 Å². The number of nitrogens with one attached hydrogen (secondary N) is 1. The van der Waals surface area contributed by atoms with E-state index in [4.69, 9.17) is 27.9 Å². The van der Waals surface area contributed by atoms with Crippen LogP contribution in [0.25, 0.3) is 0 Å². The molecule has 0 saturated heterocycles. The molecule has 0 atom stereocenters. The molecule has 0 aliphatic rings. The second-order valence-corrected chi connectivity index (χ2v) is 5.40. The first-order valence-electron chi connectivity index (χ1n) is 5.77. The zero-order valence-corrected chi connectivity index (χ0v) is 12.0. The van der Waals surface area contributed by atoms with Crippen molar-refractivity contribution in [1.29, 1.82) is 0 Å². The monoisotopic (exact) mass is 275 g/mol. The standard InChI is InChI=1S/C13H19Cl2NO/c1-4-13(2,3)16-7-8-17-10-5-6-11(14)12(15)9-10/h5-6,9,16H,4,7-8H2,1-3H3. The van der Waals surface area contributed by atoms with Gasteiger partial charge < -0.3 is 10.1 Å². The van der Waals surface area contributed by atoms with E-state index in [-0.39, 0.29) is 5.54 Å². The van der Waals surface area contributed by atoms with Crippen LogP contribution in [0.3, 0.4) is 0 Å². The Morgan fingerprint density at radius 2 is 1.94 bits per heavy atom. The lowest BCUT2D eigenvalue weighted by Crippen LogP contribution is -2.40. The second kappa shape index (κ2) is 6.48. The summed E-state index contributed by atoms with van der Waals surface area (Å²) in [5.41, 5.74) is 0.154. The largest absolute Gasteiger partial charge is 0.492 e. The van der Waals surface area contributed by atoms with E-state index >= 15 is 0 Å². The minimum atomic E-state index is 0.154. The predicted octanol–water partition coefficient (Wildman–Crippen LogP) is 4.15. The fraction of sp³-hybridized carbons (Fsp3) is 0.538. The van der Waals surface area contributed by atoms with Crippen LogP contribution in [-0.4, -0.2) is 18.7 Å². The summed E-state index contributed by atoms with van der Waals surface area (Å²) >= 11 is 11.7. The first-order valence-corrected chi connectivity index (χ1v) is 6.53. The minimum absolute atomic E-state index is 0.154. The van der Waals surface area contributed by atoms with Gasteiger partial charge in [-0.3, -0.25) is 0 Å². The number of rotatable bonds is 6. The highest BCUT2D eigenvalue weighted by Gasteiger charge is 2.12. The van der Waals surface area contributed by atoms with Crippen molar-refractivity contribution < 1.29 is 4.74 Å². The molecule has 0 spiro atoms. The van der Waals surface area contributed by atoms with Crippen LogP contribution in [-0.2, 0) is 0 Å². The first-order chi connectivity index (χ1) is 7.94. The van der Waals surface area contributed by atoms with Crippen LogP contribution in [0.5, 0.6) is 5.75 Å². The molecule has 2 nitrogen and oxygen atoms in total. The van der Waals surface area contributed by atoms with Gasteiger partial charge >= 0.3 is 0 Å². The molecule has 0 heterocycles. The summed E-state index contributed by atoms with van der Waals surface area (Å²) in [7, 11) is 0. The van der Waals surface area contributed by atoms with E-state index in [1.165, 1.54) is 0 Å². The molecule has 96 valence electrons. The molecule has 0 bridgehead atoms. The van der Waals surface area contributed by atoms with Gasteiger partial charge in [-0.25, -0.2) is 0 Å². The maximum atomic E-state index is 5.89. The normalized spacial score (nSPS) is 11.6. The SMILES string of the molecule is CCC(C)(C)NCCOc1ccc(Cl)c(Cl)c1. The molecule has 0 aromatic heterocycles. The molecule has 17 heavy (non-hydrogen) atoms. The fourth-order valence-corrected chi connectivity index (χ4v) is 1.54. The Morgan fingerprint density at radius 3 is 2.53 bits per heavy atom. The summed E-state index contributed by atoms with van der Waals surface area (Å²) in [6.07, 6.45) is 1.08. The highest BCUT2D eigenvalue weighted by atomic mass is 35.5. The van der Waals surface area contributed by atoms with Crippen LogP contribution in [0.4, 0.5) is 0 Å². The van der Waals surface area contributed by atoms with E-state index in [0.717, 1.165) is 18.7 Å². The lowest BCUT2D eigenvalue weighted by atomic mass is 10.0. The van der Waals surface area contributed by atoms with Gasteiger partial charge in [0.15, 0.2) is 0 Å².